The van der Waals surface area contributed by atoms with E-state index in [9.17, 15) is 0 Å². The first kappa shape index (κ1) is 20.9. The molecule has 1 N–H and O–H groups in total. The van der Waals surface area contributed by atoms with Crippen LogP contribution in [0.25, 0.3) is 11.3 Å². The third-order valence-corrected chi connectivity index (χ3v) is 5.81. The molecule has 3 aromatic rings. The van der Waals surface area contributed by atoms with Crippen molar-refractivity contribution < 1.29 is 4.42 Å². The van der Waals surface area contributed by atoms with Gasteiger partial charge in [0.15, 0.2) is 0 Å². The van der Waals surface area contributed by atoms with E-state index in [0.717, 1.165) is 73.6 Å². The van der Waals surface area contributed by atoms with E-state index < -0.39 is 0 Å². The summed E-state index contributed by atoms with van der Waals surface area (Å²) in [6, 6.07) is 18.3. The molecule has 1 aliphatic rings. The molecule has 0 unspecified atom stereocenters. The second-order valence-electron chi connectivity index (χ2n) is 7.71. The summed E-state index contributed by atoms with van der Waals surface area (Å²) in [4.78, 5) is 9.63. The molecule has 1 aliphatic heterocycles. The standard InChI is InChI=1S/C24H29ClN4O/c1-19-24(20-6-3-2-4-7-20)27-23(30-19)18-26-12-5-13-28-14-16-29(17-15-28)22-10-8-21(25)9-11-22/h2-4,6-11,26H,5,12-18H2,1H3. The Morgan fingerprint density at radius 1 is 1.00 bits per heavy atom. The maximum Gasteiger partial charge on any atom is 0.208 e. The third-order valence-electron chi connectivity index (χ3n) is 5.56. The summed E-state index contributed by atoms with van der Waals surface area (Å²) in [5.41, 5.74) is 3.30. The van der Waals surface area contributed by atoms with Gasteiger partial charge in [0, 0.05) is 42.5 Å². The van der Waals surface area contributed by atoms with Crippen LogP contribution in [0.1, 0.15) is 18.1 Å². The Morgan fingerprint density at radius 2 is 1.73 bits per heavy atom. The lowest BCUT2D eigenvalue weighted by molar-refractivity contribution is 0.253. The van der Waals surface area contributed by atoms with E-state index >= 15 is 0 Å². The van der Waals surface area contributed by atoms with Crippen molar-refractivity contribution in [3.63, 3.8) is 0 Å². The lowest BCUT2D eigenvalue weighted by Crippen LogP contribution is -2.46. The Morgan fingerprint density at radius 3 is 2.47 bits per heavy atom. The molecule has 0 saturated carbocycles. The highest BCUT2D eigenvalue weighted by Gasteiger charge is 2.17. The number of nitrogens with zero attached hydrogens (tertiary/aromatic N) is 3. The highest BCUT2D eigenvalue weighted by molar-refractivity contribution is 6.30. The predicted octanol–water partition coefficient (Wildman–Crippen LogP) is 4.61. The summed E-state index contributed by atoms with van der Waals surface area (Å²) in [5, 5.41) is 4.26. The van der Waals surface area contributed by atoms with Gasteiger partial charge in [0.2, 0.25) is 5.89 Å². The summed E-state index contributed by atoms with van der Waals surface area (Å²) in [6.45, 7) is 9.03. The Balaban J connectivity index is 1.15. The maximum atomic E-state index is 5.99. The number of hydrogen-bond acceptors (Lipinski definition) is 5. The van der Waals surface area contributed by atoms with Crippen molar-refractivity contribution >= 4 is 17.3 Å². The van der Waals surface area contributed by atoms with Crippen LogP contribution in [-0.2, 0) is 6.54 Å². The number of oxazole rings is 1. The Kier molecular flexibility index (Phi) is 7.05. The van der Waals surface area contributed by atoms with Crippen LogP contribution in [0.3, 0.4) is 0 Å². The second-order valence-corrected chi connectivity index (χ2v) is 8.15. The van der Waals surface area contributed by atoms with Crippen LogP contribution in [0.4, 0.5) is 5.69 Å². The SMILES string of the molecule is Cc1oc(CNCCCN2CCN(c3ccc(Cl)cc3)CC2)nc1-c1ccccc1. The van der Waals surface area contributed by atoms with Gasteiger partial charge < -0.3 is 14.6 Å². The van der Waals surface area contributed by atoms with Crippen molar-refractivity contribution in [2.45, 2.75) is 19.9 Å². The summed E-state index contributed by atoms with van der Waals surface area (Å²) in [7, 11) is 0. The molecule has 0 spiro atoms. The van der Waals surface area contributed by atoms with Gasteiger partial charge in [-0.2, -0.15) is 0 Å². The molecule has 158 valence electrons. The van der Waals surface area contributed by atoms with Crippen LogP contribution in [0.2, 0.25) is 5.02 Å². The van der Waals surface area contributed by atoms with Crippen molar-refractivity contribution in [1.29, 1.82) is 0 Å². The van der Waals surface area contributed by atoms with E-state index in [1.807, 2.05) is 37.3 Å². The number of aromatic nitrogens is 1. The van der Waals surface area contributed by atoms with Crippen LogP contribution in [-0.4, -0.2) is 49.2 Å². The molecule has 4 rings (SSSR count). The monoisotopic (exact) mass is 424 g/mol. The third kappa shape index (κ3) is 5.42. The topological polar surface area (TPSA) is 44.5 Å². The number of rotatable bonds is 8. The summed E-state index contributed by atoms with van der Waals surface area (Å²) in [5.74, 6) is 1.62. The van der Waals surface area contributed by atoms with E-state index in [1.165, 1.54) is 5.69 Å². The molecule has 6 heteroatoms. The Labute approximate surface area is 183 Å². The minimum Gasteiger partial charge on any atom is -0.444 e. The fourth-order valence-corrected chi connectivity index (χ4v) is 4.02. The number of benzene rings is 2. The molecular formula is C24H29ClN4O. The molecule has 0 radical (unpaired) electrons. The van der Waals surface area contributed by atoms with E-state index in [0.29, 0.717) is 6.54 Å². The number of nitrogens with one attached hydrogen (secondary N) is 1. The number of piperazine rings is 1. The van der Waals surface area contributed by atoms with Crippen molar-refractivity contribution in [2.75, 3.05) is 44.2 Å². The predicted molar refractivity (Wildman–Crippen MR) is 123 cm³/mol. The van der Waals surface area contributed by atoms with Gasteiger partial charge >= 0.3 is 0 Å². The fourth-order valence-electron chi connectivity index (χ4n) is 3.90. The van der Waals surface area contributed by atoms with Gasteiger partial charge in [-0.25, -0.2) is 4.98 Å². The second kappa shape index (κ2) is 10.1. The van der Waals surface area contributed by atoms with Gasteiger partial charge in [-0.15, -0.1) is 0 Å². The quantitative estimate of drug-likeness (QED) is 0.535. The number of halogens is 1. The lowest BCUT2D eigenvalue weighted by Gasteiger charge is -2.36. The first-order valence-corrected chi connectivity index (χ1v) is 11.0. The van der Waals surface area contributed by atoms with Crippen LogP contribution in [0.5, 0.6) is 0 Å². The van der Waals surface area contributed by atoms with Crippen molar-refractivity contribution in [3.05, 3.63) is 71.3 Å². The molecule has 1 aromatic heterocycles. The number of anilines is 1. The van der Waals surface area contributed by atoms with E-state index in [2.05, 4.69) is 44.4 Å². The first-order chi connectivity index (χ1) is 14.7. The molecule has 0 amide bonds. The largest absolute Gasteiger partial charge is 0.444 e. The number of hydrogen-bond donors (Lipinski definition) is 1. The molecule has 0 atom stereocenters. The average Bonchev–Trinajstić information content (AvgIpc) is 3.15. The lowest BCUT2D eigenvalue weighted by atomic mass is 10.1. The van der Waals surface area contributed by atoms with Gasteiger partial charge in [0.25, 0.3) is 0 Å². The average molecular weight is 425 g/mol. The molecule has 30 heavy (non-hydrogen) atoms. The smallest absolute Gasteiger partial charge is 0.208 e. The zero-order valence-electron chi connectivity index (χ0n) is 17.5. The molecule has 2 aromatic carbocycles. The van der Waals surface area contributed by atoms with Gasteiger partial charge in [-0.1, -0.05) is 41.9 Å². The minimum atomic E-state index is 0.665. The van der Waals surface area contributed by atoms with Gasteiger partial charge in [0.05, 0.1) is 6.54 Å². The van der Waals surface area contributed by atoms with Crippen LogP contribution >= 0.6 is 11.6 Å². The highest BCUT2D eigenvalue weighted by atomic mass is 35.5. The van der Waals surface area contributed by atoms with Gasteiger partial charge in [-0.05, 0) is 50.7 Å². The van der Waals surface area contributed by atoms with E-state index in [4.69, 9.17) is 16.0 Å². The molecule has 2 heterocycles. The molecule has 1 saturated heterocycles. The van der Waals surface area contributed by atoms with Crippen LogP contribution in [0, 0.1) is 6.92 Å². The molecular weight excluding hydrogens is 396 g/mol. The zero-order chi connectivity index (χ0) is 20.8. The summed E-state index contributed by atoms with van der Waals surface area (Å²) < 4.78 is 5.83. The van der Waals surface area contributed by atoms with Crippen LogP contribution < -0.4 is 10.2 Å². The molecule has 1 fully saturated rings. The molecule has 0 bridgehead atoms. The molecule has 5 nitrogen and oxygen atoms in total. The van der Waals surface area contributed by atoms with Gasteiger partial charge in [0.1, 0.15) is 11.5 Å². The normalized spacial score (nSPS) is 14.9. The van der Waals surface area contributed by atoms with Crippen LogP contribution in [0.15, 0.2) is 59.0 Å². The Bertz CT molecular complexity index is 918. The van der Waals surface area contributed by atoms with Gasteiger partial charge in [-0.3, -0.25) is 4.90 Å². The minimum absolute atomic E-state index is 0.665. The summed E-state index contributed by atoms with van der Waals surface area (Å²) in [6.07, 6.45) is 1.12. The Hall–Kier alpha value is -2.34. The van der Waals surface area contributed by atoms with E-state index in [-0.39, 0.29) is 0 Å². The first-order valence-electron chi connectivity index (χ1n) is 10.6. The molecule has 0 aliphatic carbocycles. The van der Waals surface area contributed by atoms with Crippen molar-refractivity contribution in [2.24, 2.45) is 0 Å². The van der Waals surface area contributed by atoms with E-state index in [1.54, 1.807) is 0 Å². The maximum absolute atomic E-state index is 5.99. The van der Waals surface area contributed by atoms with Crippen molar-refractivity contribution in [1.82, 2.24) is 15.2 Å². The fraction of sp³-hybridized carbons (Fsp3) is 0.375. The number of aryl methyl sites for hydroxylation is 1. The summed E-state index contributed by atoms with van der Waals surface area (Å²) >= 11 is 5.99. The zero-order valence-corrected chi connectivity index (χ0v) is 18.2. The highest BCUT2D eigenvalue weighted by Crippen LogP contribution is 2.23. The van der Waals surface area contributed by atoms with Crippen molar-refractivity contribution in [3.8, 4) is 11.3 Å².